The summed E-state index contributed by atoms with van der Waals surface area (Å²) in [6.45, 7) is 4.45. The first-order valence-corrected chi connectivity index (χ1v) is 13.7. The summed E-state index contributed by atoms with van der Waals surface area (Å²) in [6.07, 6.45) is 2.40. The van der Waals surface area contributed by atoms with Crippen LogP contribution in [0.5, 0.6) is 0 Å². The van der Waals surface area contributed by atoms with E-state index in [0.29, 0.717) is 6.54 Å². The van der Waals surface area contributed by atoms with E-state index >= 15 is 0 Å². The zero-order valence-corrected chi connectivity index (χ0v) is 20.5. The number of hydrogen-bond acceptors (Lipinski definition) is 4. The zero-order valence-electron chi connectivity index (χ0n) is 18.9. The van der Waals surface area contributed by atoms with E-state index in [9.17, 15) is 13.2 Å². The molecule has 0 bridgehead atoms. The Kier molecular flexibility index (Phi) is 5.89. The predicted octanol–water partition coefficient (Wildman–Crippen LogP) is 4.69. The van der Waals surface area contributed by atoms with Crippen molar-refractivity contribution in [1.29, 1.82) is 0 Å². The molecule has 1 amide bonds. The molecule has 1 unspecified atom stereocenters. The van der Waals surface area contributed by atoms with Crippen LogP contribution in [0.3, 0.4) is 0 Å². The first kappa shape index (κ1) is 22.3. The Morgan fingerprint density at radius 3 is 2.27 bits per heavy atom. The minimum absolute atomic E-state index is 0.0976. The molecule has 7 heteroatoms. The van der Waals surface area contributed by atoms with Gasteiger partial charge in [-0.3, -0.25) is 4.79 Å². The Morgan fingerprint density at radius 2 is 1.64 bits per heavy atom. The second-order valence-electron chi connectivity index (χ2n) is 9.04. The summed E-state index contributed by atoms with van der Waals surface area (Å²) < 4.78 is 28.3. The number of carbonyl (C=O) groups excluding carboxylic acids is 1. The molecule has 2 aliphatic rings. The van der Waals surface area contributed by atoms with Gasteiger partial charge >= 0.3 is 0 Å². The lowest BCUT2D eigenvalue weighted by atomic mass is 9.92. The van der Waals surface area contributed by atoms with Crippen molar-refractivity contribution >= 4 is 27.3 Å². The molecule has 1 aliphatic carbocycles. The second kappa shape index (κ2) is 8.70. The Hall–Kier alpha value is -2.48. The van der Waals surface area contributed by atoms with Gasteiger partial charge in [-0.25, -0.2) is 8.42 Å². The van der Waals surface area contributed by atoms with Crippen LogP contribution in [0.2, 0.25) is 0 Å². The molecule has 1 saturated carbocycles. The third kappa shape index (κ3) is 4.37. The van der Waals surface area contributed by atoms with Crippen molar-refractivity contribution in [3.63, 3.8) is 0 Å². The molecule has 0 saturated heterocycles. The van der Waals surface area contributed by atoms with Crippen LogP contribution < -0.4 is 0 Å². The van der Waals surface area contributed by atoms with Crippen molar-refractivity contribution < 1.29 is 13.2 Å². The highest BCUT2D eigenvalue weighted by Crippen LogP contribution is 2.39. The lowest BCUT2D eigenvalue weighted by Crippen LogP contribution is -2.47. The number of fused-ring (bicyclic) bond motifs is 1. The predicted molar refractivity (Wildman–Crippen MR) is 131 cm³/mol. The van der Waals surface area contributed by atoms with Crippen LogP contribution in [-0.4, -0.2) is 42.7 Å². The van der Waals surface area contributed by atoms with E-state index in [1.165, 1.54) is 14.7 Å². The minimum atomic E-state index is -3.74. The summed E-state index contributed by atoms with van der Waals surface area (Å²) in [5, 5.41) is 2.08. The molecular weight excluding hydrogens is 452 g/mol. The molecule has 3 aromatic rings. The average molecular weight is 481 g/mol. The maximum Gasteiger partial charge on any atom is 0.243 e. The summed E-state index contributed by atoms with van der Waals surface area (Å²) in [5.74, 6) is -0.139. The molecule has 0 spiro atoms. The van der Waals surface area contributed by atoms with Crippen LogP contribution in [0.4, 0.5) is 0 Å². The van der Waals surface area contributed by atoms with E-state index in [-0.39, 0.29) is 29.4 Å². The third-order valence-electron chi connectivity index (χ3n) is 6.55. The SMILES string of the molecule is Cc1ccc(C2c3ccsc3CCN2C(=O)CN(C2CC2)S(=O)(=O)c2ccc(C)cc2)cc1. The standard InChI is InChI=1S/C26H28N2O3S2/c1-18-3-7-20(8-4-18)26-23-14-16-32-24(23)13-15-27(26)25(29)17-28(21-9-10-21)33(30,31)22-11-5-19(2)6-12-22/h3-8,11-12,14,16,21,26H,9-10,13,15,17H2,1-2H3. The number of carbonyl (C=O) groups is 1. The molecule has 1 fully saturated rings. The van der Waals surface area contributed by atoms with Crippen LogP contribution in [0, 0.1) is 13.8 Å². The Balaban J connectivity index is 1.46. The van der Waals surface area contributed by atoms with Crippen LogP contribution in [0.1, 0.15) is 46.0 Å². The second-order valence-corrected chi connectivity index (χ2v) is 11.9. The monoisotopic (exact) mass is 480 g/mol. The molecule has 5 nitrogen and oxygen atoms in total. The van der Waals surface area contributed by atoms with Gasteiger partial charge in [0.1, 0.15) is 0 Å². The van der Waals surface area contributed by atoms with Gasteiger partial charge in [0.15, 0.2) is 0 Å². The number of amides is 1. The summed E-state index contributed by atoms with van der Waals surface area (Å²) in [5.41, 5.74) is 4.39. The Morgan fingerprint density at radius 1 is 1.00 bits per heavy atom. The lowest BCUT2D eigenvalue weighted by Gasteiger charge is -2.37. The fourth-order valence-corrected chi connectivity index (χ4v) is 7.07. The summed E-state index contributed by atoms with van der Waals surface area (Å²) in [6, 6.07) is 17.0. The van der Waals surface area contributed by atoms with Crippen molar-refractivity contribution in [3.8, 4) is 0 Å². The van der Waals surface area contributed by atoms with Crippen molar-refractivity contribution in [3.05, 3.63) is 87.1 Å². The fourth-order valence-electron chi connectivity index (χ4n) is 4.54. The highest BCUT2D eigenvalue weighted by molar-refractivity contribution is 7.89. The van der Waals surface area contributed by atoms with Crippen molar-refractivity contribution in [2.75, 3.05) is 13.1 Å². The van der Waals surface area contributed by atoms with Crippen molar-refractivity contribution in [2.45, 2.75) is 50.1 Å². The van der Waals surface area contributed by atoms with E-state index in [4.69, 9.17) is 0 Å². The summed E-state index contributed by atoms with van der Waals surface area (Å²) in [4.78, 5) is 17.1. The molecule has 5 rings (SSSR count). The van der Waals surface area contributed by atoms with Crippen LogP contribution in [0.15, 0.2) is 64.9 Å². The largest absolute Gasteiger partial charge is 0.330 e. The number of benzene rings is 2. The van der Waals surface area contributed by atoms with E-state index in [0.717, 1.165) is 36.0 Å². The van der Waals surface area contributed by atoms with E-state index in [2.05, 4.69) is 35.7 Å². The lowest BCUT2D eigenvalue weighted by molar-refractivity contribution is -0.133. The van der Waals surface area contributed by atoms with Gasteiger partial charge in [-0.15, -0.1) is 11.3 Å². The number of nitrogens with zero attached hydrogens (tertiary/aromatic N) is 2. The zero-order chi connectivity index (χ0) is 23.2. The number of aryl methyl sites for hydroxylation is 2. The molecule has 1 atom stereocenters. The Labute approximate surface area is 199 Å². The maximum atomic E-state index is 13.7. The van der Waals surface area contributed by atoms with Crippen molar-refractivity contribution in [1.82, 2.24) is 9.21 Å². The molecule has 2 aromatic carbocycles. The van der Waals surface area contributed by atoms with Gasteiger partial charge in [0, 0.05) is 17.5 Å². The molecule has 1 aromatic heterocycles. The van der Waals surface area contributed by atoms with Gasteiger partial charge in [0.05, 0.1) is 17.5 Å². The first-order chi connectivity index (χ1) is 15.8. The third-order valence-corrected chi connectivity index (χ3v) is 9.46. The number of sulfonamides is 1. The van der Waals surface area contributed by atoms with E-state index < -0.39 is 10.0 Å². The van der Waals surface area contributed by atoms with Gasteiger partial charge in [0.25, 0.3) is 0 Å². The molecule has 172 valence electrons. The Bertz CT molecular complexity index is 1260. The van der Waals surface area contributed by atoms with Crippen LogP contribution in [-0.2, 0) is 21.2 Å². The molecule has 0 radical (unpaired) electrons. The molecule has 1 aliphatic heterocycles. The number of hydrogen-bond donors (Lipinski definition) is 0. The van der Waals surface area contributed by atoms with Gasteiger partial charge in [0.2, 0.25) is 15.9 Å². The van der Waals surface area contributed by atoms with Gasteiger partial charge in [-0.1, -0.05) is 47.5 Å². The fraction of sp³-hybridized carbons (Fsp3) is 0.346. The first-order valence-electron chi connectivity index (χ1n) is 11.4. The average Bonchev–Trinajstić information content (AvgIpc) is 3.53. The number of thiophene rings is 1. The molecule has 0 N–H and O–H groups in total. The van der Waals surface area contributed by atoms with E-state index in [1.807, 2.05) is 18.7 Å². The van der Waals surface area contributed by atoms with Gasteiger partial charge < -0.3 is 4.90 Å². The van der Waals surface area contributed by atoms with E-state index in [1.54, 1.807) is 35.6 Å². The van der Waals surface area contributed by atoms with Crippen molar-refractivity contribution in [2.24, 2.45) is 0 Å². The highest BCUT2D eigenvalue weighted by Gasteiger charge is 2.41. The van der Waals surface area contributed by atoms with Gasteiger partial charge in [-0.2, -0.15) is 4.31 Å². The highest BCUT2D eigenvalue weighted by atomic mass is 32.2. The molecular formula is C26H28N2O3S2. The maximum absolute atomic E-state index is 13.7. The minimum Gasteiger partial charge on any atom is -0.330 e. The van der Waals surface area contributed by atoms with Crippen LogP contribution in [0.25, 0.3) is 0 Å². The van der Waals surface area contributed by atoms with Gasteiger partial charge in [-0.05, 0) is 67.8 Å². The van der Waals surface area contributed by atoms with Crippen LogP contribution >= 0.6 is 11.3 Å². The molecule has 2 heterocycles. The number of rotatable bonds is 6. The summed E-state index contributed by atoms with van der Waals surface area (Å²) >= 11 is 1.73. The topological polar surface area (TPSA) is 57.7 Å². The normalized spacial score (nSPS) is 18.4. The molecule has 33 heavy (non-hydrogen) atoms. The summed E-state index contributed by atoms with van der Waals surface area (Å²) in [7, 11) is -3.74. The quantitative estimate of drug-likeness (QED) is 0.514. The smallest absolute Gasteiger partial charge is 0.243 e.